The Morgan fingerprint density at radius 1 is 1.04 bits per heavy atom. The maximum atomic E-state index is 11.2. The van der Waals surface area contributed by atoms with Gasteiger partial charge < -0.3 is 4.74 Å². The van der Waals surface area contributed by atoms with Crippen LogP contribution in [0.3, 0.4) is 0 Å². The zero-order valence-electron chi connectivity index (χ0n) is 12.6. The van der Waals surface area contributed by atoms with Crippen LogP contribution in [0, 0.1) is 11.3 Å². The van der Waals surface area contributed by atoms with E-state index in [9.17, 15) is 16.8 Å². The Bertz CT molecular complexity index is 749. The summed E-state index contributed by atoms with van der Waals surface area (Å²) >= 11 is 0. The highest BCUT2D eigenvalue weighted by Gasteiger charge is 2.18. The second-order valence-electron chi connectivity index (χ2n) is 4.73. The van der Waals surface area contributed by atoms with E-state index in [-0.39, 0.29) is 13.2 Å². The molecule has 0 saturated heterocycles. The van der Waals surface area contributed by atoms with Gasteiger partial charge in [0.2, 0.25) is 0 Å². The third-order valence-electron chi connectivity index (χ3n) is 2.43. The minimum absolute atomic E-state index is 0.147. The predicted molar refractivity (Wildman–Crippen MR) is 81.3 cm³/mol. The van der Waals surface area contributed by atoms with Crippen LogP contribution in [-0.4, -0.2) is 48.7 Å². The van der Waals surface area contributed by atoms with Crippen LogP contribution in [0.2, 0.25) is 0 Å². The van der Waals surface area contributed by atoms with Gasteiger partial charge in [-0.2, -0.15) is 22.1 Å². The van der Waals surface area contributed by atoms with Crippen molar-refractivity contribution in [2.75, 3.05) is 25.7 Å². The molecular formula is C13H17NO7S2. The molecule has 1 atom stereocenters. The summed E-state index contributed by atoms with van der Waals surface area (Å²) in [4.78, 5) is 0. The topological polar surface area (TPSA) is 120 Å². The zero-order chi connectivity index (χ0) is 17.5. The second kappa shape index (κ2) is 8.37. The fourth-order valence-corrected chi connectivity index (χ4v) is 2.54. The summed E-state index contributed by atoms with van der Waals surface area (Å²) in [6.07, 6.45) is 0.613. The zero-order valence-corrected chi connectivity index (χ0v) is 14.3. The van der Waals surface area contributed by atoms with Crippen LogP contribution in [-0.2, 0) is 39.9 Å². The van der Waals surface area contributed by atoms with Gasteiger partial charge in [-0.25, -0.2) is 0 Å². The molecule has 0 unspecified atom stereocenters. The first-order chi connectivity index (χ1) is 10.6. The Morgan fingerprint density at radius 2 is 1.65 bits per heavy atom. The molecule has 1 rings (SSSR count). The Morgan fingerprint density at radius 3 is 2.13 bits per heavy atom. The van der Waals surface area contributed by atoms with E-state index in [1.807, 2.05) is 6.07 Å². The van der Waals surface area contributed by atoms with Crippen molar-refractivity contribution in [1.82, 2.24) is 0 Å². The van der Waals surface area contributed by atoms with E-state index < -0.39 is 32.9 Å². The van der Waals surface area contributed by atoms with E-state index in [1.165, 1.54) is 0 Å². The normalized spacial score (nSPS) is 13.4. The highest BCUT2D eigenvalue weighted by molar-refractivity contribution is 7.86. The predicted octanol–water partition coefficient (Wildman–Crippen LogP) is 0.396. The minimum atomic E-state index is -3.79. The molecular weight excluding hydrogens is 346 g/mol. The number of hydrogen-bond acceptors (Lipinski definition) is 8. The van der Waals surface area contributed by atoms with Gasteiger partial charge in [0.15, 0.2) is 0 Å². The van der Waals surface area contributed by atoms with Crippen molar-refractivity contribution in [2.45, 2.75) is 12.7 Å². The van der Waals surface area contributed by atoms with Crippen molar-refractivity contribution >= 4 is 20.2 Å². The summed E-state index contributed by atoms with van der Waals surface area (Å²) in [7, 11) is -7.51. The molecule has 0 aromatic heterocycles. The number of nitriles is 1. The molecule has 0 aliphatic carbocycles. The molecule has 0 aliphatic heterocycles. The number of benzene rings is 1. The molecule has 0 bridgehead atoms. The van der Waals surface area contributed by atoms with Gasteiger partial charge in [0.05, 0.1) is 44.0 Å². The van der Waals surface area contributed by atoms with Gasteiger partial charge in [-0.1, -0.05) is 12.1 Å². The van der Waals surface area contributed by atoms with Gasteiger partial charge in [0.25, 0.3) is 20.2 Å². The van der Waals surface area contributed by atoms with Crippen LogP contribution in [0.1, 0.15) is 11.1 Å². The third kappa shape index (κ3) is 9.27. The molecule has 0 radical (unpaired) electrons. The highest BCUT2D eigenvalue weighted by atomic mass is 32.2. The SMILES string of the molecule is CS(=O)(=O)OC[C@H](COCc1ccc(C#N)cc1)OS(C)(=O)=O. The van der Waals surface area contributed by atoms with Crippen molar-refractivity contribution in [2.24, 2.45) is 0 Å². The third-order valence-corrected chi connectivity index (χ3v) is 3.62. The lowest BCUT2D eigenvalue weighted by atomic mass is 10.2. The summed E-state index contributed by atoms with van der Waals surface area (Å²) in [5, 5.41) is 8.69. The lowest BCUT2D eigenvalue weighted by Crippen LogP contribution is -2.29. The van der Waals surface area contributed by atoms with Crippen LogP contribution in [0.4, 0.5) is 0 Å². The molecule has 0 saturated carbocycles. The van der Waals surface area contributed by atoms with E-state index in [0.29, 0.717) is 5.56 Å². The van der Waals surface area contributed by atoms with E-state index in [2.05, 4.69) is 4.18 Å². The fourth-order valence-electron chi connectivity index (χ4n) is 1.53. The molecule has 0 spiro atoms. The van der Waals surface area contributed by atoms with Gasteiger partial charge in [0, 0.05) is 0 Å². The molecule has 0 amide bonds. The van der Waals surface area contributed by atoms with E-state index in [0.717, 1.165) is 18.1 Å². The number of ether oxygens (including phenoxy) is 1. The number of rotatable bonds is 9. The van der Waals surface area contributed by atoms with Gasteiger partial charge in [0.1, 0.15) is 6.10 Å². The smallest absolute Gasteiger partial charge is 0.264 e. The molecule has 1 aromatic carbocycles. The molecule has 0 heterocycles. The maximum absolute atomic E-state index is 11.2. The summed E-state index contributed by atoms with van der Waals surface area (Å²) in [5.41, 5.74) is 1.28. The van der Waals surface area contributed by atoms with Crippen LogP contribution < -0.4 is 0 Å². The summed E-state index contributed by atoms with van der Waals surface area (Å²) < 4.78 is 58.8. The van der Waals surface area contributed by atoms with Gasteiger partial charge in [-0.05, 0) is 17.7 Å². The first kappa shape index (κ1) is 19.5. The van der Waals surface area contributed by atoms with E-state index in [1.54, 1.807) is 24.3 Å². The fraction of sp³-hybridized carbons (Fsp3) is 0.462. The Labute approximate surface area is 135 Å². The van der Waals surface area contributed by atoms with Crippen molar-refractivity contribution in [3.05, 3.63) is 35.4 Å². The van der Waals surface area contributed by atoms with E-state index >= 15 is 0 Å². The lowest BCUT2D eigenvalue weighted by Gasteiger charge is -2.16. The molecule has 10 heteroatoms. The first-order valence-electron chi connectivity index (χ1n) is 6.38. The molecule has 8 nitrogen and oxygen atoms in total. The summed E-state index contributed by atoms with van der Waals surface area (Å²) in [5.74, 6) is 0. The lowest BCUT2D eigenvalue weighted by molar-refractivity contribution is 0.0235. The standard InChI is InChI=1S/C13H17NO7S2/c1-22(15,16)20-10-13(21-23(2,17)18)9-19-8-12-5-3-11(7-14)4-6-12/h3-6,13H,8-10H2,1-2H3/t13-/m0/s1. The van der Waals surface area contributed by atoms with Crippen molar-refractivity contribution < 1.29 is 29.9 Å². The summed E-state index contributed by atoms with van der Waals surface area (Å²) in [6.45, 7) is -0.504. The number of hydrogen-bond donors (Lipinski definition) is 0. The van der Waals surface area contributed by atoms with Gasteiger partial charge >= 0.3 is 0 Å². The Kier molecular flexibility index (Phi) is 7.11. The molecule has 128 valence electrons. The first-order valence-corrected chi connectivity index (χ1v) is 10.0. The van der Waals surface area contributed by atoms with Crippen molar-refractivity contribution in [1.29, 1.82) is 5.26 Å². The van der Waals surface area contributed by atoms with Crippen LogP contribution in [0.25, 0.3) is 0 Å². The Balaban J connectivity index is 2.56. The van der Waals surface area contributed by atoms with Crippen LogP contribution in [0.15, 0.2) is 24.3 Å². The molecule has 0 N–H and O–H groups in total. The molecule has 0 fully saturated rings. The van der Waals surface area contributed by atoms with Crippen LogP contribution in [0.5, 0.6) is 0 Å². The average Bonchev–Trinajstić information content (AvgIpc) is 2.43. The second-order valence-corrected chi connectivity index (χ2v) is 7.98. The quantitative estimate of drug-likeness (QED) is 0.578. The molecule has 0 aliphatic rings. The molecule has 23 heavy (non-hydrogen) atoms. The van der Waals surface area contributed by atoms with Crippen molar-refractivity contribution in [3.63, 3.8) is 0 Å². The minimum Gasteiger partial charge on any atom is -0.374 e. The maximum Gasteiger partial charge on any atom is 0.264 e. The van der Waals surface area contributed by atoms with Crippen LogP contribution >= 0.6 is 0 Å². The Hall–Kier alpha value is -1.51. The largest absolute Gasteiger partial charge is 0.374 e. The van der Waals surface area contributed by atoms with Gasteiger partial charge in [-0.3, -0.25) is 8.37 Å². The number of nitrogens with zero attached hydrogens (tertiary/aromatic N) is 1. The van der Waals surface area contributed by atoms with E-state index in [4.69, 9.17) is 14.2 Å². The monoisotopic (exact) mass is 363 g/mol. The van der Waals surface area contributed by atoms with Gasteiger partial charge in [-0.15, -0.1) is 0 Å². The highest BCUT2D eigenvalue weighted by Crippen LogP contribution is 2.07. The van der Waals surface area contributed by atoms with Crippen molar-refractivity contribution in [3.8, 4) is 6.07 Å². The summed E-state index contributed by atoms with van der Waals surface area (Å²) in [6, 6.07) is 8.61. The molecule has 1 aromatic rings. The average molecular weight is 363 g/mol.